The molecule has 26 heavy (non-hydrogen) atoms. The van der Waals surface area contributed by atoms with Crippen LogP contribution in [-0.4, -0.2) is 26.3 Å². The van der Waals surface area contributed by atoms with Gasteiger partial charge in [0.1, 0.15) is 5.01 Å². The van der Waals surface area contributed by atoms with Crippen LogP contribution in [0, 0.1) is 6.92 Å². The predicted octanol–water partition coefficient (Wildman–Crippen LogP) is 4.56. The second-order valence-electron chi connectivity index (χ2n) is 6.01. The van der Waals surface area contributed by atoms with E-state index in [0.717, 1.165) is 20.5 Å². The van der Waals surface area contributed by atoms with Crippen molar-refractivity contribution < 1.29 is 4.79 Å². The summed E-state index contributed by atoms with van der Waals surface area (Å²) in [6, 6.07) is 20.2. The summed E-state index contributed by atoms with van der Waals surface area (Å²) in [5.41, 5.74) is 2.25. The maximum absolute atomic E-state index is 13.1. The predicted molar refractivity (Wildman–Crippen MR) is 107 cm³/mol. The Morgan fingerprint density at radius 2 is 1.54 bits per heavy atom. The highest BCUT2D eigenvalue weighted by molar-refractivity contribution is 8.02. The average molecular weight is 384 g/mol. The molecule has 0 saturated carbocycles. The average Bonchev–Trinajstić information content (AvgIpc) is 3.07. The van der Waals surface area contributed by atoms with Gasteiger partial charge in [0.25, 0.3) is 0 Å². The van der Waals surface area contributed by atoms with E-state index in [9.17, 15) is 4.79 Å². The molecule has 2 aromatic carbocycles. The van der Waals surface area contributed by atoms with Crippen molar-refractivity contribution in [2.24, 2.45) is 0 Å². The summed E-state index contributed by atoms with van der Waals surface area (Å²) in [5, 5.41) is 8.86. The number of benzene rings is 2. The summed E-state index contributed by atoms with van der Waals surface area (Å²) in [7, 11) is 0. The fourth-order valence-electron chi connectivity index (χ4n) is 2.60. The quantitative estimate of drug-likeness (QED) is 0.561. The van der Waals surface area contributed by atoms with Gasteiger partial charge in [-0.25, -0.2) is 0 Å². The molecule has 0 aliphatic heterocycles. The van der Waals surface area contributed by atoms with Crippen LogP contribution in [-0.2, 0) is 17.9 Å². The van der Waals surface area contributed by atoms with Gasteiger partial charge in [0.05, 0.1) is 5.25 Å². The van der Waals surface area contributed by atoms with Crippen molar-refractivity contribution in [3.8, 4) is 0 Å². The van der Waals surface area contributed by atoms with Crippen molar-refractivity contribution in [2.45, 2.75) is 36.5 Å². The first-order chi connectivity index (χ1) is 12.6. The number of hydrogen-bond donors (Lipinski definition) is 0. The summed E-state index contributed by atoms with van der Waals surface area (Å²) < 4.78 is 0.836. The molecule has 6 heteroatoms. The van der Waals surface area contributed by atoms with Crippen molar-refractivity contribution in [3.05, 3.63) is 76.8 Å². The van der Waals surface area contributed by atoms with Crippen LogP contribution < -0.4 is 0 Å². The van der Waals surface area contributed by atoms with E-state index in [1.807, 2.05) is 55.1 Å². The molecule has 1 atom stereocenters. The van der Waals surface area contributed by atoms with Crippen LogP contribution in [0.15, 0.2) is 65.0 Å². The molecule has 1 heterocycles. The zero-order chi connectivity index (χ0) is 18.4. The fourth-order valence-corrected chi connectivity index (χ4v) is 4.65. The molecule has 0 fully saturated rings. The van der Waals surface area contributed by atoms with E-state index in [1.165, 1.54) is 23.1 Å². The van der Waals surface area contributed by atoms with Gasteiger partial charge in [-0.15, -0.1) is 10.2 Å². The van der Waals surface area contributed by atoms with Crippen LogP contribution in [0.3, 0.4) is 0 Å². The molecular formula is C20H21N3OS2. The molecule has 0 N–H and O–H groups in total. The Morgan fingerprint density at radius 1 is 1.00 bits per heavy atom. The largest absolute Gasteiger partial charge is 0.333 e. The molecule has 0 bridgehead atoms. The molecule has 1 amide bonds. The number of carbonyl (C=O) groups is 1. The van der Waals surface area contributed by atoms with Gasteiger partial charge in [-0.05, 0) is 25.0 Å². The smallest absolute Gasteiger partial charge is 0.236 e. The molecular weight excluding hydrogens is 362 g/mol. The number of aromatic nitrogens is 2. The Bertz CT molecular complexity index is 795. The van der Waals surface area contributed by atoms with Crippen molar-refractivity contribution in [2.75, 3.05) is 0 Å². The minimum atomic E-state index is -0.213. The summed E-state index contributed by atoms with van der Waals surface area (Å²) in [6.07, 6.45) is 0. The monoisotopic (exact) mass is 383 g/mol. The van der Waals surface area contributed by atoms with Gasteiger partial charge >= 0.3 is 0 Å². The molecule has 134 valence electrons. The third-order valence-electron chi connectivity index (χ3n) is 3.88. The number of amides is 1. The van der Waals surface area contributed by atoms with Crippen LogP contribution in [0.4, 0.5) is 0 Å². The number of carbonyl (C=O) groups excluding carboxylic acids is 1. The van der Waals surface area contributed by atoms with Gasteiger partial charge < -0.3 is 4.90 Å². The lowest BCUT2D eigenvalue weighted by atomic mass is 10.1. The summed E-state index contributed by atoms with van der Waals surface area (Å²) >= 11 is 3.00. The summed E-state index contributed by atoms with van der Waals surface area (Å²) in [4.78, 5) is 15.0. The van der Waals surface area contributed by atoms with Crippen LogP contribution in [0.2, 0.25) is 0 Å². The van der Waals surface area contributed by atoms with Gasteiger partial charge in [-0.2, -0.15) is 0 Å². The van der Waals surface area contributed by atoms with Gasteiger partial charge in [0.15, 0.2) is 4.34 Å². The molecule has 3 aromatic rings. The summed E-state index contributed by atoms with van der Waals surface area (Å²) in [6.45, 7) is 5.04. The van der Waals surface area contributed by atoms with Gasteiger partial charge in [-0.1, -0.05) is 83.8 Å². The first-order valence-corrected chi connectivity index (χ1v) is 10.1. The maximum atomic E-state index is 13.1. The molecule has 0 spiro atoms. The number of thioether (sulfide) groups is 1. The SMILES string of the molecule is Cc1nnc(SC(C)C(=O)N(Cc2ccccc2)Cc2ccccc2)s1. The van der Waals surface area contributed by atoms with E-state index < -0.39 is 0 Å². The second kappa shape index (κ2) is 8.96. The highest BCUT2D eigenvalue weighted by atomic mass is 32.2. The van der Waals surface area contributed by atoms with Crippen molar-refractivity contribution >= 4 is 29.0 Å². The van der Waals surface area contributed by atoms with E-state index in [1.54, 1.807) is 0 Å². The molecule has 0 saturated heterocycles. The molecule has 0 radical (unpaired) electrons. The second-order valence-corrected chi connectivity index (χ2v) is 8.78. The third-order valence-corrected chi connectivity index (χ3v) is 5.89. The number of rotatable bonds is 7. The van der Waals surface area contributed by atoms with Crippen LogP contribution in [0.1, 0.15) is 23.1 Å². The van der Waals surface area contributed by atoms with E-state index in [-0.39, 0.29) is 11.2 Å². The van der Waals surface area contributed by atoms with Gasteiger partial charge in [-0.3, -0.25) is 4.79 Å². The fraction of sp³-hybridized carbons (Fsp3) is 0.250. The zero-order valence-electron chi connectivity index (χ0n) is 14.8. The zero-order valence-corrected chi connectivity index (χ0v) is 16.5. The van der Waals surface area contributed by atoms with E-state index in [4.69, 9.17) is 0 Å². The van der Waals surface area contributed by atoms with Crippen LogP contribution >= 0.6 is 23.1 Å². The Balaban J connectivity index is 1.75. The van der Waals surface area contributed by atoms with Crippen molar-refractivity contribution in [1.29, 1.82) is 0 Å². The lowest BCUT2D eigenvalue weighted by molar-refractivity contribution is -0.131. The molecule has 3 rings (SSSR count). The maximum Gasteiger partial charge on any atom is 0.236 e. The van der Waals surface area contributed by atoms with Crippen molar-refractivity contribution in [3.63, 3.8) is 0 Å². The minimum absolute atomic E-state index is 0.107. The normalized spacial score (nSPS) is 11.9. The third kappa shape index (κ3) is 5.16. The molecule has 1 unspecified atom stereocenters. The number of hydrogen-bond acceptors (Lipinski definition) is 5. The van der Waals surface area contributed by atoms with E-state index in [0.29, 0.717) is 13.1 Å². The first-order valence-electron chi connectivity index (χ1n) is 8.45. The Labute approximate surface area is 162 Å². The number of nitrogens with zero attached hydrogens (tertiary/aromatic N) is 3. The number of aryl methyl sites for hydroxylation is 1. The highest BCUT2D eigenvalue weighted by Gasteiger charge is 2.23. The standard InChI is InChI=1S/C20H21N3OS2/c1-15(25-20-22-21-16(2)26-20)19(24)23(13-17-9-5-3-6-10-17)14-18-11-7-4-8-12-18/h3-12,15H,13-14H2,1-2H3. The Morgan fingerprint density at radius 3 is 2.00 bits per heavy atom. The highest BCUT2D eigenvalue weighted by Crippen LogP contribution is 2.28. The van der Waals surface area contributed by atoms with E-state index in [2.05, 4.69) is 34.5 Å². The molecule has 0 aliphatic rings. The minimum Gasteiger partial charge on any atom is -0.333 e. The Hall–Kier alpha value is -2.18. The lowest BCUT2D eigenvalue weighted by Gasteiger charge is -2.25. The molecule has 4 nitrogen and oxygen atoms in total. The lowest BCUT2D eigenvalue weighted by Crippen LogP contribution is -2.35. The molecule has 0 aliphatic carbocycles. The van der Waals surface area contributed by atoms with Gasteiger partial charge in [0, 0.05) is 13.1 Å². The summed E-state index contributed by atoms with van der Waals surface area (Å²) in [5.74, 6) is 0.107. The molecule has 1 aromatic heterocycles. The van der Waals surface area contributed by atoms with Crippen molar-refractivity contribution in [1.82, 2.24) is 15.1 Å². The first kappa shape index (κ1) is 18.6. The van der Waals surface area contributed by atoms with Crippen LogP contribution in [0.5, 0.6) is 0 Å². The van der Waals surface area contributed by atoms with E-state index >= 15 is 0 Å². The Kier molecular flexibility index (Phi) is 6.41. The topological polar surface area (TPSA) is 46.1 Å². The van der Waals surface area contributed by atoms with Crippen LogP contribution in [0.25, 0.3) is 0 Å². The van der Waals surface area contributed by atoms with Gasteiger partial charge in [0.2, 0.25) is 5.91 Å².